The lowest BCUT2D eigenvalue weighted by Crippen LogP contribution is -2.47. The van der Waals surface area contributed by atoms with Crippen LogP contribution in [0.1, 0.15) is 50.2 Å². The molecule has 2 heterocycles. The monoisotopic (exact) mass is 369 g/mol. The summed E-state index contributed by atoms with van der Waals surface area (Å²) in [5.74, 6) is 0.0511. The fourth-order valence-corrected chi connectivity index (χ4v) is 4.77. The molecule has 2 aliphatic heterocycles. The molecular weight excluding hydrogens is 342 g/mol. The number of carbonyl (C=O) groups is 3. The summed E-state index contributed by atoms with van der Waals surface area (Å²) in [6.07, 6.45) is 5.45. The molecule has 3 aliphatic rings. The third-order valence-corrected chi connectivity index (χ3v) is 6.20. The van der Waals surface area contributed by atoms with Crippen LogP contribution in [0.3, 0.4) is 0 Å². The molecule has 0 saturated carbocycles. The van der Waals surface area contributed by atoms with Crippen molar-refractivity contribution < 1.29 is 14.4 Å². The summed E-state index contributed by atoms with van der Waals surface area (Å²) in [5, 5.41) is 2.95. The van der Waals surface area contributed by atoms with Gasteiger partial charge in [0.05, 0.1) is 0 Å². The first-order valence-corrected chi connectivity index (χ1v) is 10.0. The van der Waals surface area contributed by atoms with Crippen LogP contribution < -0.4 is 5.32 Å². The molecule has 4 amide bonds. The van der Waals surface area contributed by atoms with E-state index in [0.717, 1.165) is 48.1 Å². The van der Waals surface area contributed by atoms with Crippen molar-refractivity contribution in [1.29, 1.82) is 0 Å². The Bertz CT molecular complexity index is 778. The highest BCUT2D eigenvalue weighted by molar-refractivity contribution is 6.09. The molecule has 1 spiro atoms. The predicted octanol–water partition coefficient (Wildman–Crippen LogP) is 2.42. The number of nitrogens with zero attached hydrogens (tertiary/aromatic N) is 2. The van der Waals surface area contributed by atoms with Crippen molar-refractivity contribution in [2.45, 2.75) is 51.0 Å². The second kappa shape index (κ2) is 6.98. The normalized spacial score (nSPS) is 28.1. The van der Waals surface area contributed by atoms with Crippen molar-refractivity contribution in [1.82, 2.24) is 15.1 Å². The van der Waals surface area contributed by atoms with Crippen LogP contribution in [-0.2, 0) is 21.5 Å². The number of hydrogen-bond acceptors (Lipinski definition) is 3. The molecule has 6 heteroatoms. The van der Waals surface area contributed by atoms with E-state index in [1.165, 1.54) is 0 Å². The van der Waals surface area contributed by atoms with Crippen molar-refractivity contribution in [3.8, 4) is 0 Å². The Morgan fingerprint density at radius 1 is 1.22 bits per heavy atom. The summed E-state index contributed by atoms with van der Waals surface area (Å²) in [4.78, 5) is 41.7. The van der Waals surface area contributed by atoms with Gasteiger partial charge in [-0.25, -0.2) is 4.79 Å². The van der Waals surface area contributed by atoms with Crippen LogP contribution in [0, 0.1) is 5.92 Å². The van der Waals surface area contributed by atoms with Gasteiger partial charge >= 0.3 is 6.03 Å². The largest absolute Gasteiger partial charge is 0.341 e. The molecule has 1 aliphatic carbocycles. The van der Waals surface area contributed by atoms with Crippen LogP contribution in [0.25, 0.3) is 0 Å². The number of piperidine rings is 1. The van der Waals surface area contributed by atoms with E-state index < -0.39 is 11.6 Å². The summed E-state index contributed by atoms with van der Waals surface area (Å²) >= 11 is 0. The molecule has 2 fully saturated rings. The Kier molecular flexibility index (Phi) is 4.66. The van der Waals surface area contributed by atoms with Crippen LogP contribution in [0.2, 0.25) is 0 Å². The molecule has 1 aromatic carbocycles. The van der Waals surface area contributed by atoms with Gasteiger partial charge in [-0.3, -0.25) is 14.5 Å². The van der Waals surface area contributed by atoms with Gasteiger partial charge in [-0.2, -0.15) is 0 Å². The fraction of sp³-hybridized carbons (Fsp3) is 0.571. The lowest BCUT2D eigenvalue weighted by molar-refractivity contribution is -0.140. The van der Waals surface area contributed by atoms with Gasteiger partial charge in [0.25, 0.3) is 5.91 Å². The second-order valence-electron chi connectivity index (χ2n) is 8.18. The van der Waals surface area contributed by atoms with Gasteiger partial charge in [0.15, 0.2) is 0 Å². The SMILES string of the molecule is CC1CCCN(C(=O)CN2C(=O)NC3(CCCCc4ccccc43)C2=O)C1. The lowest BCUT2D eigenvalue weighted by atomic mass is 9.84. The maximum absolute atomic E-state index is 13.4. The average molecular weight is 369 g/mol. The molecule has 2 unspecified atom stereocenters. The van der Waals surface area contributed by atoms with Gasteiger partial charge in [-0.1, -0.05) is 31.2 Å². The molecule has 0 radical (unpaired) electrons. The Hall–Kier alpha value is -2.37. The van der Waals surface area contributed by atoms with Gasteiger partial charge < -0.3 is 10.2 Å². The van der Waals surface area contributed by atoms with Crippen molar-refractivity contribution in [3.05, 3.63) is 35.4 Å². The van der Waals surface area contributed by atoms with E-state index in [0.29, 0.717) is 25.4 Å². The van der Waals surface area contributed by atoms with Crippen molar-refractivity contribution in [3.63, 3.8) is 0 Å². The Labute approximate surface area is 159 Å². The third kappa shape index (κ3) is 3.11. The molecule has 144 valence electrons. The van der Waals surface area contributed by atoms with Crippen molar-refractivity contribution in [2.75, 3.05) is 19.6 Å². The van der Waals surface area contributed by atoms with E-state index in [1.807, 2.05) is 24.3 Å². The number of aryl methyl sites for hydroxylation is 1. The molecule has 27 heavy (non-hydrogen) atoms. The number of carbonyl (C=O) groups excluding carboxylic acids is 3. The maximum atomic E-state index is 13.4. The van der Waals surface area contributed by atoms with E-state index >= 15 is 0 Å². The zero-order valence-electron chi connectivity index (χ0n) is 15.9. The zero-order valence-corrected chi connectivity index (χ0v) is 15.9. The first-order chi connectivity index (χ1) is 13.0. The van der Waals surface area contributed by atoms with Crippen LogP contribution >= 0.6 is 0 Å². The molecule has 0 bridgehead atoms. The smallest absolute Gasteiger partial charge is 0.325 e. The summed E-state index contributed by atoms with van der Waals surface area (Å²) < 4.78 is 0. The van der Waals surface area contributed by atoms with Crippen LogP contribution in [0.4, 0.5) is 4.79 Å². The Morgan fingerprint density at radius 2 is 2.04 bits per heavy atom. The number of nitrogens with one attached hydrogen (secondary N) is 1. The van der Waals surface area contributed by atoms with Crippen molar-refractivity contribution >= 4 is 17.8 Å². The first kappa shape index (κ1) is 18.0. The molecule has 6 nitrogen and oxygen atoms in total. The van der Waals surface area contributed by atoms with Gasteiger partial charge in [0, 0.05) is 13.1 Å². The van der Waals surface area contributed by atoms with Gasteiger partial charge in [-0.15, -0.1) is 0 Å². The number of urea groups is 1. The number of likely N-dealkylation sites (tertiary alicyclic amines) is 1. The molecule has 4 rings (SSSR count). The van der Waals surface area contributed by atoms with E-state index in [1.54, 1.807) is 4.90 Å². The quantitative estimate of drug-likeness (QED) is 0.814. The third-order valence-electron chi connectivity index (χ3n) is 6.20. The predicted molar refractivity (Wildman–Crippen MR) is 101 cm³/mol. The Balaban J connectivity index is 1.58. The Morgan fingerprint density at radius 3 is 2.85 bits per heavy atom. The minimum Gasteiger partial charge on any atom is -0.341 e. The number of amides is 4. The van der Waals surface area contributed by atoms with Gasteiger partial charge in [0.2, 0.25) is 5.91 Å². The number of hydrogen-bond donors (Lipinski definition) is 1. The minimum atomic E-state index is -1.01. The molecule has 2 saturated heterocycles. The molecule has 1 N–H and O–H groups in total. The highest BCUT2D eigenvalue weighted by atomic mass is 16.2. The summed E-state index contributed by atoms with van der Waals surface area (Å²) in [6.45, 7) is 3.38. The fourth-order valence-electron chi connectivity index (χ4n) is 4.77. The van der Waals surface area contributed by atoms with Crippen molar-refractivity contribution in [2.24, 2.45) is 5.92 Å². The topological polar surface area (TPSA) is 69.7 Å². The molecular formula is C21H27N3O3. The van der Waals surface area contributed by atoms with Crippen LogP contribution in [-0.4, -0.2) is 47.3 Å². The standard InChI is InChI=1S/C21H27N3O3/c1-15-7-6-12-23(13-15)18(25)14-24-19(26)21(22-20(24)27)11-5-4-9-16-8-2-3-10-17(16)21/h2-3,8,10,15H,4-7,9,11-14H2,1H3,(H,22,27). The first-order valence-electron chi connectivity index (χ1n) is 10.0. The highest BCUT2D eigenvalue weighted by Crippen LogP contribution is 2.39. The maximum Gasteiger partial charge on any atom is 0.325 e. The van der Waals surface area contributed by atoms with Crippen LogP contribution in [0.15, 0.2) is 24.3 Å². The van der Waals surface area contributed by atoms with Crippen LogP contribution in [0.5, 0.6) is 0 Å². The van der Waals surface area contributed by atoms with Gasteiger partial charge in [-0.05, 0) is 55.6 Å². The number of fused-ring (bicyclic) bond motifs is 2. The van der Waals surface area contributed by atoms with Gasteiger partial charge in [0.1, 0.15) is 12.1 Å². The second-order valence-corrected chi connectivity index (χ2v) is 8.18. The molecule has 1 aromatic rings. The summed E-state index contributed by atoms with van der Waals surface area (Å²) in [5.41, 5.74) is 0.990. The van der Waals surface area contributed by atoms with E-state index in [9.17, 15) is 14.4 Å². The number of benzene rings is 1. The molecule has 0 aromatic heterocycles. The zero-order chi connectivity index (χ0) is 19.0. The van der Waals surface area contributed by atoms with E-state index in [4.69, 9.17) is 0 Å². The minimum absolute atomic E-state index is 0.135. The lowest BCUT2D eigenvalue weighted by Gasteiger charge is -2.32. The molecule has 2 atom stereocenters. The number of imide groups is 1. The van der Waals surface area contributed by atoms with E-state index in [2.05, 4.69) is 12.2 Å². The average Bonchev–Trinajstić information content (AvgIpc) is 2.81. The summed E-state index contributed by atoms with van der Waals surface area (Å²) in [7, 11) is 0. The highest BCUT2D eigenvalue weighted by Gasteiger charge is 2.53. The number of rotatable bonds is 2. The summed E-state index contributed by atoms with van der Waals surface area (Å²) in [6, 6.07) is 7.41. The van der Waals surface area contributed by atoms with E-state index in [-0.39, 0.29) is 18.4 Å².